The van der Waals surface area contributed by atoms with Crippen LogP contribution in [0.15, 0.2) is 53.4 Å². The van der Waals surface area contributed by atoms with Crippen molar-refractivity contribution in [2.45, 2.75) is 0 Å². The molecule has 8 heteroatoms. The SMILES string of the molecule is COC(=O)c1ccc(OCCOc2ccc(/C=C3\CNCS3(=O)=O)cc2)cc1. The molecule has 0 amide bonds. The Hall–Kier alpha value is -2.84. The number of ether oxygens (including phenoxy) is 3. The molecule has 0 radical (unpaired) electrons. The minimum Gasteiger partial charge on any atom is -0.490 e. The summed E-state index contributed by atoms with van der Waals surface area (Å²) in [7, 11) is -1.84. The third-order valence-electron chi connectivity index (χ3n) is 4.09. The van der Waals surface area contributed by atoms with Crippen LogP contribution in [0.25, 0.3) is 6.08 Å². The van der Waals surface area contributed by atoms with Gasteiger partial charge >= 0.3 is 5.97 Å². The lowest BCUT2D eigenvalue weighted by atomic mass is 10.2. The maximum Gasteiger partial charge on any atom is 0.337 e. The van der Waals surface area contributed by atoms with Crippen molar-refractivity contribution in [2.24, 2.45) is 0 Å². The molecule has 0 atom stereocenters. The molecule has 7 nitrogen and oxygen atoms in total. The number of carbonyl (C=O) groups is 1. The summed E-state index contributed by atoms with van der Waals surface area (Å²) in [4.78, 5) is 11.8. The fourth-order valence-corrected chi connectivity index (χ4v) is 3.82. The maximum atomic E-state index is 11.8. The van der Waals surface area contributed by atoms with Crippen molar-refractivity contribution in [3.63, 3.8) is 0 Å². The number of hydrogen-bond donors (Lipinski definition) is 1. The van der Waals surface area contributed by atoms with E-state index in [4.69, 9.17) is 9.47 Å². The molecule has 0 spiro atoms. The standard InChI is InChI=1S/C20H21NO6S/c1-25-20(22)16-4-8-18(9-5-16)27-11-10-26-17-6-2-15(3-7-17)12-19-13-21-14-28(19,23)24/h2-9,12,21H,10-11,13-14H2,1H3/b19-12+. The summed E-state index contributed by atoms with van der Waals surface area (Å²) in [6.45, 7) is 1.04. The molecular weight excluding hydrogens is 382 g/mol. The molecule has 0 bridgehead atoms. The van der Waals surface area contributed by atoms with Gasteiger partial charge in [-0.1, -0.05) is 12.1 Å². The zero-order valence-electron chi connectivity index (χ0n) is 15.4. The van der Waals surface area contributed by atoms with Crippen LogP contribution in [0.5, 0.6) is 11.5 Å². The molecule has 0 unspecified atom stereocenters. The first-order chi connectivity index (χ1) is 13.5. The quantitative estimate of drug-likeness (QED) is 0.560. The molecule has 0 aliphatic carbocycles. The van der Waals surface area contributed by atoms with Gasteiger partial charge in [0.2, 0.25) is 0 Å². The van der Waals surface area contributed by atoms with Crippen LogP contribution in [-0.4, -0.2) is 47.1 Å². The van der Waals surface area contributed by atoms with Crippen LogP contribution in [0.3, 0.4) is 0 Å². The molecule has 0 aromatic heterocycles. The van der Waals surface area contributed by atoms with E-state index < -0.39 is 15.8 Å². The van der Waals surface area contributed by atoms with Crippen molar-refractivity contribution in [3.8, 4) is 11.5 Å². The number of sulfone groups is 1. The molecule has 2 aromatic carbocycles. The Bertz CT molecular complexity index is 949. The van der Waals surface area contributed by atoms with Gasteiger partial charge in [0.1, 0.15) is 30.6 Å². The van der Waals surface area contributed by atoms with Gasteiger partial charge in [-0.3, -0.25) is 5.32 Å². The number of benzene rings is 2. The van der Waals surface area contributed by atoms with Crippen LogP contribution in [0, 0.1) is 0 Å². The molecular formula is C20H21NO6S. The topological polar surface area (TPSA) is 90.9 Å². The van der Waals surface area contributed by atoms with Gasteiger partial charge in [0.15, 0.2) is 9.84 Å². The number of nitrogens with one attached hydrogen (secondary N) is 1. The van der Waals surface area contributed by atoms with Crippen LogP contribution in [-0.2, 0) is 14.6 Å². The van der Waals surface area contributed by atoms with Gasteiger partial charge in [0.05, 0.1) is 17.6 Å². The molecule has 0 saturated carbocycles. The van der Waals surface area contributed by atoms with E-state index in [1.807, 2.05) is 12.1 Å². The zero-order valence-corrected chi connectivity index (χ0v) is 16.2. The zero-order chi connectivity index (χ0) is 20.0. The first kappa shape index (κ1) is 19.9. The second-order valence-electron chi connectivity index (χ2n) is 6.08. The molecule has 28 heavy (non-hydrogen) atoms. The molecule has 1 fully saturated rings. The fraction of sp³-hybridized carbons (Fsp3) is 0.250. The van der Waals surface area contributed by atoms with Gasteiger partial charge in [0.25, 0.3) is 0 Å². The van der Waals surface area contributed by atoms with E-state index in [0.717, 1.165) is 5.56 Å². The Balaban J connectivity index is 1.46. The highest BCUT2D eigenvalue weighted by atomic mass is 32.2. The molecule has 1 aliphatic heterocycles. The molecule has 148 valence electrons. The second kappa shape index (κ2) is 8.90. The third-order valence-corrected chi connectivity index (χ3v) is 5.74. The molecule has 2 aromatic rings. The van der Waals surface area contributed by atoms with Crippen molar-refractivity contribution >= 4 is 21.9 Å². The average Bonchev–Trinajstić information content (AvgIpc) is 3.04. The molecule has 1 aliphatic rings. The normalized spacial score (nSPS) is 16.7. The lowest BCUT2D eigenvalue weighted by Gasteiger charge is -2.09. The van der Waals surface area contributed by atoms with E-state index in [2.05, 4.69) is 10.1 Å². The summed E-state index contributed by atoms with van der Waals surface area (Å²) in [6.07, 6.45) is 1.67. The molecule has 1 saturated heterocycles. The second-order valence-corrected chi connectivity index (χ2v) is 8.12. The summed E-state index contributed by atoms with van der Waals surface area (Å²) in [6, 6.07) is 13.8. The first-order valence-corrected chi connectivity index (χ1v) is 10.3. The minimum atomic E-state index is -3.17. The number of esters is 1. The number of rotatable bonds is 7. The first-order valence-electron chi connectivity index (χ1n) is 8.66. The Labute approximate surface area is 163 Å². The third kappa shape index (κ3) is 5.11. The summed E-state index contributed by atoms with van der Waals surface area (Å²) < 4.78 is 39.4. The van der Waals surface area contributed by atoms with Gasteiger partial charge in [-0.05, 0) is 48.0 Å². The summed E-state index contributed by atoms with van der Waals surface area (Å²) in [5.41, 5.74) is 1.26. The highest BCUT2D eigenvalue weighted by Crippen LogP contribution is 2.19. The van der Waals surface area contributed by atoms with Crippen LogP contribution in [0.2, 0.25) is 0 Å². The minimum absolute atomic E-state index is 0.00849. The van der Waals surface area contributed by atoms with Gasteiger partial charge < -0.3 is 14.2 Å². The van der Waals surface area contributed by atoms with E-state index in [0.29, 0.717) is 41.7 Å². The van der Waals surface area contributed by atoms with E-state index >= 15 is 0 Å². The van der Waals surface area contributed by atoms with Crippen LogP contribution < -0.4 is 14.8 Å². The van der Waals surface area contributed by atoms with Crippen molar-refractivity contribution < 1.29 is 27.4 Å². The van der Waals surface area contributed by atoms with E-state index in [1.165, 1.54) is 7.11 Å². The van der Waals surface area contributed by atoms with Gasteiger partial charge in [-0.25, -0.2) is 13.2 Å². The van der Waals surface area contributed by atoms with E-state index in [-0.39, 0.29) is 5.88 Å². The maximum absolute atomic E-state index is 11.8. The predicted molar refractivity (Wildman–Crippen MR) is 105 cm³/mol. The predicted octanol–water partition coefficient (Wildman–Crippen LogP) is 2.25. The van der Waals surface area contributed by atoms with Crippen molar-refractivity contribution in [2.75, 3.05) is 32.7 Å². The lowest BCUT2D eigenvalue weighted by Crippen LogP contribution is -2.09. The summed E-state index contributed by atoms with van der Waals surface area (Å²) in [5.74, 6) is 0.894. The largest absolute Gasteiger partial charge is 0.490 e. The van der Waals surface area contributed by atoms with Crippen LogP contribution in [0.1, 0.15) is 15.9 Å². The van der Waals surface area contributed by atoms with Crippen LogP contribution >= 0.6 is 0 Å². The Morgan fingerprint density at radius 3 is 2.07 bits per heavy atom. The van der Waals surface area contributed by atoms with Crippen molar-refractivity contribution in [1.82, 2.24) is 5.32 Å². The molecule has 1 N–H and O–H groups in total. The highest BCUT2D eigenvalue weighted by Gasteiger charge is 2.23. The average molecular weight is 403 g/mol. The van der Waals surface area contributed by atoms with E-state index in [1.54, 1.807) is 42.5 Å². The van der Waals surface area contributed by atoms with Crippen molar-refractivity contribution in [1.29, 1.82) is 0 Å². The van der Waals surface area contributed by atoms with Gasteiger partial charge in [0, 0.05) is 6.54 Å². The summed E-state index contributed by atoms with van der Waals surface area (Å²) in [5, 5.41) is 2.84. The fourth-order valence-electron chi connectivity index (χ4n) is 2.62. The van der Waals surface area contributed by atoms with Crippen LogP contribution in [0.4, 0.5) is 0 Å². The monoisotopic (exact) mass is 403 g/mol. The number of carbonyl (C=O) groups excluding carboxylic acids is 1. The lowest BCUT2D eigenvalue weighted by molar-refractivity contribution is 0.0600. The Morgan fingerprint density at radius 2 is 1.57 bits per heavy atom. The highest BCUT2D eigenvalue weighted by molar-refractivity contribution is 7.95. The molecule has 3 rings (SSSR count). The number of hydrogen-bond acceptors (Lipinski definition) is 7. The smallest absolute Gasteiger partial charge is 0.337 e. The Morgan fingerprint density at radius 1 is 1.00 bits per heavy atom. The van der Waals surface area contributed by atoms with Crippen molar-refractivity contribution in [3.05, 3.63) is 64.6 Å². The number of methoxy groups -OCH3 is 1. The Kier molecular flexibility index (Phi) is 6.33. The summed E-state index contributed by atoms with van der Waals surface area (Å²) >= 11 is 0. The van der Waals surface area contributed by atoms with Gasteiger partial charge in [-0.2, -0.15) is 0 Å². The van der Waals surface area contributed by atoms with Gasteiger partial charge in [-0.15, -0.1) is 0 Å². The van der Waals surface area contributed by atoms with E-state index in [9.17, 15) is 13.2 Å². The molecule has 1 heterocycles.